The second-order valence-corrected chi connectivity index (χ2v) is 13.6. The summed E-state index contributed by atoms with van der Waals surface area (Å²) in [5, 5.41) is 6.21. The summed E-state index contributed by atoms with van der Waals surface area (Å²) in [5.41, 5.74) is 14.2. The Kier molecular flexibility index (Phi) is 6.08. The van der Waals surface area contributed by atoms with Gasteiger partial charge in [0.2, 0.25) is 0 Å². The average molecular weight is 653 g/mol. The fourth-order valence-corrected chi connectivity index (χ4v) is 8.39. The number of nitrogens with zero attached hydrogens (tertiary/aromatic N) is 2. The summed E-state index contributed by atoms with van der Waals surface area (Å²) < 4.78 is 11.0. The van der Waals surface area contributed by atoms with Gasteiger partial charge in [-0.25, -0.2) is 0 Å². The first kappa shape index (κ1) is 28.3. The van der Waals surface area contributed by atoms with E-state index in [-0.39, 0.29) is 0 Å². The van der Waals surface area contributed by atoms with Crippen LogP contribution in [0.3, 0.4) is 0 Å². The van der Waals surface area contributed by atoms with Gasteiger partial charge in [-0.05, 0) is 101 Å². The van der Waals surface area contributed by atoms with Gasteiger partial charge in [-0.15, -0.1) is 0 Å². The van der Waals surface area contributed by atoms with E-state index in [9.17, 15) is 0 Å². The molecule has 240 valence electrons. The average Bonchev–Trinajstić information content (AvgIpc) is 3.85. The number of fused-ring (bicyclic) bond motifs is 9. The molecule has 1 aliphatic carbocycles. The van der Waals surface area contributed by atoms with Crippen molar-refractivity contribution in [3.8, 4) is 33.6 Å². The van der Waals surface area contributed by atoms with Crippen molar-refractivity contribution in [3.05, 3.63) is 175 Å². The molecule has 0 radical (unpaired) electrons. The van der Waals surface area contributed by atoms with E-state index >= 15 is 0 Å². The number of aryl methyl sites for hydroxylation is 1. The summed E-state index contributed by atoms with van der Waals surface area (Å²) in [4.78, 5) is 0. The predicted octanol–water partition coefficient (Wildman–Crippen LogP) is 12.9. The summed E-state index contributed by atoms with van der Waals surface area (Å²) in [6.45, 7) is 0. The Bertz CT molecular complexity index is 3020. The summed E-state index contributed by atoms with van der Waals surface area (Å²) >= 11 is 0. The first-order valence-electron chi connectivity index (χ1n) is 17.7. The third kappa shape index (κ3) is 4.31. The first-order chi connectivity index (χ1) is 25.3. The number of aromatic nitrogens is 2. The molecule has 0 aliphatic heterocycles. The minimum absolute atomic E-state index is 0.964. The van der Waals surface area contributed by atoms with Gasteiger partial charge in [0, 0.05) is 50.3 Å². The Hall–Kier alpha value is -6.58. The molecular formula is C48H32N2O. The maximum absolute atomic E-state index is 6.20. The van der Waals surface area contributed by atoms with E-state index in [1.165, 1.54) is 82.5 Å². The van der Waals surface area contributed by atoms with Crippen LogP contribution in [0.25, 0.3) is 94.3 Å². The van der Waals surface area contributed by atoms with Crippen molar-refractivity contribution in [2.45, 2.75) is 12.8 Å². The van der Waals surface area contributed by atoms with Crippen LogP contribution in [0, 0.1) is 0 Å². The van der Waals surface area contributed by atoms with E-state index in [0.29, 0.717) is 0 Å². The van der Waals surface area contributed by atoms with Crippen molar-refractivity contribution in [2.24, 2.45) is 0 Å². The van der Waals surface area contributed by atoms with E-state index in [1.807, 2.05) is 0 Å². The van der Waals surface area contributed by atoms with Crippen LogP contribution in [0.15, 0.2) is 168 Å². The van der Waals surface area contributed by atoms with Crippen molar-refractivity contribution < 1.29 is 4.42 Å². The van der Waals surface area contributed by atoms with Gasteiger partial charge >= 0.3 is 0 Å². The lowest BCUT2D eigenvalue weighted by Gasteiger charge is -2.11. The summed E-state index contributed by atoms with van der Waals surface area (Å²) in [6.07, 6.45) is 6.48. The van der Waals surface area contributed by atoms with Gasteiger partial charge in [-0.2, -0.15) is 0 Å². The molecule has 1 aliphatic rings. The van der Waals surface area contributed by atoms with Crippen molar-refractivity contribution >= 4 is 60.7 Å². The van der Waals surface area contributed by atoms with E-state index in [2.05, 4.69) is 179 Å². The molecule has 0 spiro atoms. The van der Waals surface area contributed by atoms with E-state index in [0.717, 1.165) is 29.9 Å². The number of para-hydroxylation sites is 3. The predicted molar refractivity (Wildman–Crippen MR) is 213 cm³/mol. The summed E-state index contributed by atoms with van der Waals surface area (Å²) in [7, 11) is 0. The van der Waals surface area contributed by atoms with E-state index < -0.39 is 0 Å². The quantitative estimate of drug-likeness (QED) is 0.186. The maximum Gasteiger partial charge on any atom is 0.134 e. The number of rotatable bonds is 4. The summed E-state index contributed by atoms with van der Waals surface area (Å²) in [6, 6.07) is 57.6. The SMILES string of the molecule is C1=Cc2c(oc3ccc(-c4cccc(-n5c6ccccc6c6cc(-c7ccc8c(c7)c7ccccc7n8-c7ccccc7)ccc65)c4)cc23)CC1. The fourth-order valence-electron chi connectivity index (χ4n) is 8.39. The van der Waals surface area contributed by atoms with Crippen molar-refractivity contribution in [1.29, 1.82) is 0 Å². The molecule has 0 unspecified atom stereocenters. The van der Waals surface area contributed by atoms with Crippen LogP contribution in [0.5, 0.6) is 0 Å². The highest BCUT2D eigenvalue weighted by atomic mass is 16.3. The Morgan fingerprint density at radius 1 is 0.412 bits per heavy atom. The van der Waals surface area contributed by atoms with Crippen LogP contribution in [0.2, 0.25) is 0 Å². The zero-order chi connectivity index (χ0) is 33.5. The molecule has 11 rings (SSSR count). The van der Waals surface area contributed by atoms with E-state index in [4.69, 9.17) is 4.42 Å². The molecule has 7 aromatic carbocycles. The Morgan fingerprint density at radius 2 is 0.961 bits per heavy atom. The van der Waals surface area contributed by atoms with Gasteiger partial charge in [-0.1, -0.05) is 97.1 Å². The minimum atomic E-state index is 0.964. The number of allylic oxidation sites excluding steroid dienone is 1. The molecule has 3 nitrogen and oxygen atoms in total. The maximum atomic E-state index is 6.20. The minimum Gasteiger partial charge on any atom is -0.460 e. The van der Waals surface area contributed by atoms with Crippen molar-refractivity contribution in [2.75, 3.05) is 0 Å². The topological polar surface area (TPSA) is 23.0 Å². The normalized spacial score (nSPS) is 12.9. The highest BCUT2D eigenvalue weighted by Gasteiger charge is 2.18. The van der Waals surface area contributed by atoms with Crippen molar-refractivity contribution in [1.82, 2.24) is 9.13 Å². The van der Waals surface area contributed by atoms with Gasteiger partial charge in [0.1, 0.15) is 11.3 Å². The molecule has 3 aromatic heterocycles. The molecule has 3 heterocycles. The molecule has 0 amide bonds. The van der Waals surface area contributed by atoms with Gasteiger partial charge < -0.3 is 13.6 Å². The molecule has 0 bridgehead atoms. The Labute approximate surface area is 294 Å². The van der Waals surface area contributed by atoms with Crippen LogP contribution in [-0.4, -0.2) is 9.13 Å². The number of hydrogen-bond acceptors (Lipinski definition) is 1. The molecular weight excluding hydrogens is 621 g/mol. The fraction of sp³-hybridized carbons (Fsp3) is 0.0417. The smallest absolute Gasteiger partial charge is 0.134 e. The van der Waals surface area contributed by atoms with Crippen LogP contribution < -0.4 is 0 Å². The molecule has 0 fully saturated rings. The molecule has 0 saturated heterocycles. The van der Waals surface area contributed by atoms with Crippen molar-refractivity contribution in [3.63, 3.8) is 0 Å². The number of hydrogen-bond donors (Lipinski definition) is 0. The Balaban J connectivity index is 1.05. The second-order valence-electron chi connectivity index (χ2n) is 13.6. The molecule has 0 saturated carbocycles. The van der Waals surface area contributed by atoms with Gasteiger partial charge in [-0.3, -0.25) is 0 Å². The third-order valence-corrected chi connectivity index (χ3v) is 10.8. The van der Waals surface area contributed by atoms with Crippen LogP contribution >= 0.6 is 0 Å². The third-order valence-electron chi connectivity index (χ3n) is 10.8. The van der Waals surface area contributed by atoms with Crippen LogP contribution in [0.4, 0.5) is 0 Å². The van der Waals surface area contributed by atoms with Crippen LogP contribution in [-0.2, 0) is 6.42 Å². The van der Waals surface area contributed by atoms with Crippen LogP contribution in [0.1, 0.15) is 17.7 Å². The molecule has 3 heteroatoms. The molecule has 51 heavy (non-hydrogen) atoms. The summed E-state index contributed by atoms with van der Waals surface area (Å²) in [5.74, 6) is 1.10. The van der Waals surface area contributed by atoms with Gasteiger partial charge in [0.05, 0.1) is 22.1 Å². The van der Waals surface area contributed by atoms with Gasteiger partial charge in [0.25, 0.3) is 0 Å². The second kappa shape index (κ2) is 11.0. The molecule has 0 N–H and O–H groups in total. The number of benzene rings is 7. The monoisotopic (exact) mass is 652 g/mol. The number of furan rings is 1. The van der Waals surface area contributed by atoms with Gasteiger partial charge in [0.15, 0.2) is 0 Å². The standard InChI is InChI=1S/C48H32N2O/c1-2-12-35(13-3-1)49-43-18-7-4-15-37(43)40-28-32(21-24-45(40)49)33-22-25-46-41(29-33)38-16-5-8-19-44(38)50(46)36-14-10-11-31(27-36)34-23-26-48-42(30-34)39-17-6-9-20-47(39)51-48/h1-8,10-19,21-30H,9,20H2. The zero-order valence-electron chi connectivity index (χ0n) is 27.9. The molecule has 10 aromatic rings. The zero-order valence-corrected chi connectivity index (χ0v) is 27.9. The Morgan fingerprint density at radius 3 is 1.67 bits per heavy atom. The van der Waals surface area contributed by atoms with E-state index in [1.54, 1.807) is 0 Å². The highest BCUT2D eigenvalue weighted by Crippen LogP contribution is 2.39. The lowest BCUT2D eigenvalue weighted by Crippen LogP contribution is -1.94. The largest absolute Gasteiger partial charge is 0.460 e. The lowest BCUT2D eigenvalue weighted by atomic mass is 9.99. The lowest BCUT2D eigenvalue weighted by molar-refractivity contribution is 0.546. The molecule has 0 atom stereocenters. The highest BCUT2D eigenvalue weighted by molar-refractivity contribution is 6.12. The first-order valence-corrected chi connectivity index (χ1v) is 17.7.